The number of sulfonamides is 1. The molecule has 1 aliphatic rings. The van der Waals surface area contributed by atoms with Gasteiger partial charge in [-0.3, -0.25) is 0 Å². The average Bonchev–Trinajstić information content (AvgIpc) is 2.81. The van der Waals surface area contributed by atoms with Gasteiger partial charge in [-0.15, -0.1) is 3.80 Å². The second kappa shape index (κ2) is 5.03. The molecule has 0 bridgehead atoms. The average molecular weight is 317 g/mol. The van der Waals surface area contributed by atoms with Gasteiger partial charge in [-0.1, -0.05) is 18.2 Å². The Labute approximate surface area is 128 Å². The van der Waals surface area contributed by atoms with Crippen LogP contribution in [0.3, 0.4) is 0 Å². The molecule has 2 heterocycles. The highest BCUT2D eigenvalue weighted by Crippen LogP contribution is 2.43. The minimum atomic E-state index is -4.16. The molecule has 8 heteroatoms. The lowest BCUT2D eigenvalue weighted by Crippen LogP contribution is -2.61. The lowest BCUT2D eigenvalue weighted by atomic mass is 10.1. The smallest absolute Gasteiger partial charge is 0.368 e. The molecule has 1 aromatic carbocycles. The number of quaternary nitrogens is 1. The Kier molecular flexibility index (Phi) is 3.41. The van der Waals surface area contributed by atoms with Gasteiger partial charge in [0.15, 0.2) is 0 Å². The number of hydrogen-bond acceptors (Lipinski definition) is 5. The van der Waals surface area contributed by atoms with E-state index in [9.17, 15) is 18.5 Å². The third-order valence-electron chi connectivity index (χ3n) is 3.77. The molecular formula is C14H14BN2O4S+. The second-order valence-electron chi connectivity index (χ2n) is 4.99. The van der Waals surface area contributed by atoms with Gasteiger partial charge < -0.3 is 10.0 Å². The molecule has 0 spiro atoms. The molecule has 1 unspecified atom stereocenters. The summed E-state index contributed by atoms with van der Waals surface area (Å²) in [4.78, 5) is 4.09. The largest absolute Gasteiger partial charge is 0.782 e. The first-order valence-electron chi connectivity index (χ1n) is 6.62. The molecule has 0 aliphatic carbocycles. The number of hydrogen-bond donors (Lipinski definition) is 2. The van der Waals surface area contributed by atoms with Crippen LogP contribution in [0.4, 0.5) is 5.82 Å². The number of rotatable bonds is 3. The van der Waals surface area contributed by atoms with Crippen molar-refractivity contribution in [3.05, 3.63) is 59.9 Å². The molecule has 22 heavy (non-hydrogen) atoms. The molecule has 2 aromatic rings. The van der Waals surface area contributed by atoms with E-state index >= 15 is 0 Å². The molecule has 0 saturated heterocycles. The van der Waals surface area contributed by atoms with Crippen LogP contribution >= 0.6 is 0 Å². The van der Waals surface area contributed by atoms with Gasteiger partial charge in [-0.2, -0.15) is 8.42 Å². The lowest BCUT2D eigenvalue weighted by molar-refractivity contribution is 0.351. The van der Waals surface area contributed by atoms with Gasteiger partial charge in [0.25, 0.3) is 0 Å². The SMILES string of the molecule is CC1=Cc2cccnc2[N+]1(B(O)O)S(=O)(=O)c1ccccc1. The standard InChI is InChI=1S/C14H14BN2O4S/c1-11-10-12-6-5-9-16-14(12)17(11,15(18)19)22(20,21)13-7-3-2-4-8-13/h2-10,18-19H,1H3/q+1. The monoisotopic (exact) mass is 317 g/mol. The minimum absolute atomic E-state index is 0.00523. The molecule has 3 rings (SSSR count). The maximum absolute atomic E-state index is 13.1. The number of nitrogens with zero attached hydrogens (tertiary/aromatic N) is 2. The number of pyridine rings is 1. The summed E-state index contributed by atoms with van der Waals surface area (Å²) in [5.74, 6) is 0.0823. The molecular weight excluding hydrogens is 303 g/mol. The van der Waals surface area contributed by atoms with Crippen LogP contribution in [-0.2, 0) is 10.0 Å². The molecule has 112 valence electrons. The maximum Gasteiger partial charge on any atom is 0.782 e. The Hall–Kier alpha value is -2.00. The molecule has 2 N–H and O–H groups in total. The minimum Gasteiger partial charge on any atom is -0.368 e. The maximum atomic E-state index is 13.1. The Morgan fingerprint density at radius 3 is 2.41 bits per heavy atom. The zero-order valence-corrected chi connectivity index (χ0v) is 12.6. The van der Waals surface area contributed by atoms with Gasteiger partial charge in [-0.25, -0.2) is 4.98 Å². The first kappa shape index (κ1) is 14.9. The van der Waals surface area contributed by atoms with E-state index in [4.69, 9.17) is 0 Å². The predicted molar refractivity (Wildman–Crippen MR) is 83.5 cm³/mol. The summed E-state index contributed by atoms with van der Waals surface area (Å²) in [5.41, 5.74) is 0.820. The number of fused-ring (bicyclic) bond motifs is 1. The zero-order chi connectivity index (χ0) is 16.0. The highest BCUT2D eigenvalue weighted by Gasteiger charge is 2.62. The van der Waals surface area contributed by atoms with E-state index in [1.54, 1.807) is 43.3 Å². The normalized spacial score (nSPS) is 20.4. The van der Waals surface area contributed by atoms with E-state index in [1.165, 1.54) is 18.3 Å². The number of benzene rings is 1. The molecule has 1 aliphatic heterocycles. The van der Waals surface area contributed by atoms with Crippen LogP contribution in [0.15, 0.2) is 59.3 Å². The van der Waals surface area contributed by atoms with Crippen LogP contribution < -0.4 is 3.80 Å². The van der Waals surface area contributed by atoms with Crippen molar-refractivity contribution in [2.75, 3.05) is 0 Å². The summed E-state index contributed by atoms with van der Waals surface area (Å²) in [6.07, 6.45) is 3.03. The fraction of sp³-hybridized carbons (Fsp3) is 0.0714. The molecule has 0 amide bonds. The van der Waals surface area contributed by atoms with Crippen molar-refractivity contribution < 1.29 is 18.5 Å². The topological polar surface area (TPSA) is 87.5 Å². The summed E-state index contributed by atoms with van der Waals surface area (Å²) in [7, 11) is -6.34. The summed E-state index contributed by atoms with van der Waals surface area (Å²) < 4.78 is 25.2. The number of allylic oxidation sites excluding steroid dienone is 1. The van der Waals surface area contributed by atoms with Gasteiger partial charge in [-0.05, 0) is 24.3 Å². The van der Waals surface area contributed by atoms with Crippen molar-refractivity contribution in [1.29, 1.82) is 0 Å². The van der Waals surface area contributed by atoms with Crippen LogP contribution in [0.1, 0.15) is 12.5 Å². The van der Waals surface area contributed by atoms with Crippen molar-refractivity contribution in [3.8, 4) is 0 Å². The van der Waals surface area contributed by atoms with Crippen LogP contribution in [0.25, 0.3) is 6.08 Å². The van der Waals surface area contributed by atoms with Crippen LogP contribution in [-0.4, -0.2) is 30.7 Å². The lowest BCUT2D eigenvalue weighted by Gasteiger charge is -2.31. The fourth-order valence-corrected chi connectivity index (χ4v) is 4.66. The Bertz CT molecular complexity index is 852. The Morgan fingerprint density at radius 1 is 1.09 bits per heavy atom. The van der Waals surface area contributed by atoms with E-state index in [0.29, 0.717) is 5.56 Å². The second-order valence-corrected chi connectivity index (χ2v) is 6.99. The van der Waals surface area contributed by atoms with Gasteiger partial charge in [0.1, 0.15) is 10.6 Å². The highest BCUT2D eigenvalue weighted by atomic mass is 32.2. The number of aromatic nitrogens is 1. The van der Waals surface area contributed by atoms with Crippen LogP contribution in [0.2, 0.25) is 0 Å². The molecule has 6 nitrogen and oxygen atoms in total. The van der Waals surface area contributed by atoms with E-state index in [0.717, 1.165) is 0 Å². The van der Waals surface area contributed by atoms with Crippen molar-refractivity contribution in [3.63, 3.8) is 0 Å². The Balaban J connectivity index is 2.36. The highest BCUT2D eigenvalue weighted by molar-refractivity contribution is 7.92. The molecule has 1 atom stereocenters. The summed E-state index contributed by atoms with van der Waals surface area (Å²) in [6, 6.07) is 11.1. The summed E-state index contributed by atoms with van der Waals surface area (Å²) in [5, 5.41) is 20.0. The van der Waals surface area contributed by atoms with Gasteiger partial charge in [0.05, 0.1) is 5.56 Å². The van der Waals surface area contributed by atoms with Crippen LogP contribution in [0, 0.1) is 0 Å². The van der Waals surface area contributed by atoms with Gasteiger partial charge >= 0.3 is 17.3 Å². The first-order chi connectivity index (χ1) is 10.4. The molecule has 0 saturated carbocycles. The van der Waals surface area contributed by atoms with Crippen molar-refractivity contribution in [2.24, 2.45) is 0 Å². The van der Waals surface area contributed by atoms with Crippen molar-refractivity contribution in [2.45, 2.75) is 11.8 Å². The van der Waals surface area contributed by atoms with Gasteiger partial charge in [0.2, 0.25) is 5.82 Å². The van der Waals surface area contributed by atoms with Gasteiger partial charge in [0, 0.05) is 19.2 Å². The van der Waals surface area contributed by atoms with E-state index in [2.05, 4.69) is 4.98 Å². The summed E-state index contributed by atoms with van der Waals surface area (Å²) >= 11 is 0. The molecule has 0 fully saturated rings. The van der Waals surface area contributed by atoms with Crippen molar-refractivity contribution in [1.82, 2.24) is 8.78 Å². The first-order valence-corrected chi connectivity index (χ1v) is 8.06. The Morgan fingerprint density at radius 2 is 1.77 bits per heavy atom. The third kappa shape index (κ3) is 1.79. The van der Waals surface area contributed by atoms with E-state index < -0.39 is 21.1 Å². The quantitative estimate of drug-likeness (QED) is 0.829. The van der Waals surface area contributed by atoms with Crippen LogP contribution in [0.5, 0.6) is 0 Å². The van der Waals surface area contributed by atoms with E-state index in [-0.39, 0.29) is 16.4 Å². The predicted octanol–water partition coefficient (Wildman–Crippen LogP) is 1.12. The fourth-order valence-electron chi connectivity index (χ4n) is 2.77. The zero-order valence-electron chi connectivity index (χ0n) is 11.8. The molecule has 0 radical (unpaired) electrons. The summed E-state index contributed by atoms with van der Waals surface area (Å²) in [6.45, 7) is 1.54. The van der Waals surface area contributed by atoms with E-state index in [1.807, 2.05) is 0 Å². The molecule has 1 aromatic heterocycles. The van der Waals surface area contributed by atoms with Crippen molar-refractivity contribution >= 4 is 29.2 Å². The third-order valence-corrected chi connectivity index (χ3v) is 6.04.